The summed E-state index contributed by atoms with van der Waals surface area (Å²) in [5, 5.41) is 2.43. The SMILES string of the molecule is Cn1c(-c2ccc3c4ccccc4n(-c4cccc(-c5cc(-c6ccco6)ccn5)c4)c3c2)nc2ccccc21. The highest BCUT2D eigenvalue weighted by Crippen LogP contribution is 2.36. The number of aryl methyl sites for hydroxylation is 1. The zero-order chi connectivity index (χ0) is 26.6. The molecular formula is C35H24N4O. The molecule has 0 saturated heterocycles. The van der Waals surface area contributed by atoms with Crippen LogP contribution >= 0.6 is 0 Å². The van der Waals surface area contributed by atoms with E-state index < -0.39 is 0 Å². The highest BCUT2D eigenvalue weighted by molar-refractivity contribution is 6.10. The molecule has 4 aromatic carbocycles. The number of furan rings is 1. The molecule has 0 atom stereocenters. The Kier molecular flexibility index (Phi) is 4.97. The molecule has 0 radical (unpaired) electrons. The molecule has 8 rings (SSSR count). The third-order valence-electron chi connectivity index (χ3n) is 7.68. The van der Waals surface area contributed by atoms with E-state index in [4.69, 9.17) is 9.40 Å². The monoisotopic (exact) mass is 516 g/mol. The fourth-order valence-corrected chi connectivity index (χ4v) is 5.78. The van der Waals surface area contributed by atoms with E-state index in [-0.39, 0.29) is 0 Å². The van der Waals surface area contributed by atoms with E-state index in [1.165, 1.54) is 10.8 Å². The summed E-state index contributed by atoms with van der Waals surface area (Å²) in [5.41, 5.74) is 9.53. The van der Waals surface area contributed by atoms with Gasteiger partial charge in [-0.05, 0) is 60.7 Å². The number of hydrogen-bond acceptors (Lipinski definition) is 3. The summed E-state index contributed by atoms with van der Waals surface area (Å²) in [4.78, 5) is 9.66. The Hall–Kier alpha value is -5.42. The molecule has 0 aliphatic rings. The minimum absolute atomic E-state index is 0.830. The van der Waals surface area contributed by atoms with Crippen molar-refractivity contribution in [3.63, 3.8) is 0 Å². The van der Waals surface area contributed by atoms with Crippen LogP contribution in [0.1, 0.15) is 0 Å². The van der Waals surface area contributed by atoms with Gasteiger partial charge in [-0.25, -0.2) is 4.98 Å². The third kappa shape index (κ3) is 3.48. The second kappa shape index (κ2) is 8.82. The summed E-state index contributed by atoms with van der Waals surface area (Å²) in [6.07, 6.45) is 3.53. The van der Waals surface area contributed by atoms with Crippen LogP contribution in [0.3, 0.4) is 0 Å². The molecule has 4 aromatic heterocycles. The molecular weight excluding hydrogens is 492 g/mol. The van der Waals surface area contributed by atoms with Gasteiger partial charge < -0.3 is 13.6 Å². The first kappa shape index (κ1) is 22.6. The van der Waals surface area contributed by atoms with Gasteiger partial charge in [-0.1, -0.05) is 54.6 Å². The quantitative estimate of drug-likeness (QED) is 0.235. The summed E-state index contributed by atoms with van der Waals surface area (Å²) in [6, 6.07) is 40.0. The lowest BCUT2D eigenvalue weighted by Gasteiger charge is -2.11. The van der Waals surface area contributed by atoms with Crippen molar-refractivity contribution in [2.75, 3.05) is 0 Å². The molecule has 8 aromatic rings. The number of rotatable bonds is 4. The van der Waals surface area contributed by atoms with Gasteiger partial charge in [0, 0.05) is 46.4 Å². The number of hydrogen-bond donors (Lipinski definition) is 0. The van der Waals surface area contributed by atoms with Gasteiger partial charge in [-0.3, -0.25) is 4.98 Å². The molecule has 0 unspecified atom stereocenters. The Bertz CT molecular complexity index is 2180. The van der Waals surface area contributed by atoms with Crippen LogP contribution in [0, 0.1) is 0 Å². The topological polar surface area (TPSA) is 48.8 Å². The van der Waals surface area contributed by atoms with Crippen molar-refractivity contribution in [3.05, 3.63) is 128 Å². The van der Waals surface area contributed by atoms with Crippen molar-refractivity contribution >= 4 is 32.8 Å². The molecule has 0 saturated carbocycles. The molecule has 0 N–H and O–H groups in total. The minimum Gasteiger partial charge on any atom is -0.464 e. The van der Waals surface area contributed by atoms with Gasteiger partial charge in [-0.15, -0.1) is 0 Å². The summed E-state index contributed by atoms with van der Waals surface area (Å²) in [6.45, 7) is 0. The predicted molar refractivity (Wildman–Crippen MR) is 161 cm³/mol. The molecule has 4 heterocycles. The standard InChI is InChI=1S/C35H24N4O/c1-38-32-13-5-3-11-29(32)37-35(38)25-15-16-28-27-10-2-4-12-31(27)39(33(28)22-25)26-9-6-8-23(20-26)30-21-24(17-18-36-30)34-14-7-19-40-34/h2-22H,1H3. The lowest BCUT2D eigenvalue weighted by atomic mass is 10.1. The van der Waals surface area contributed by atoms with Crippen molar-refractivity contribution < 1.29 is 4.42 Å². The number of nitrogens with zero attached hydrogens (tertiary/aromatic N) is 4. The minimum atomic E-state index is 0.830. The van der Waals surface area contributed by atoms with Crippen LogP contribution in [0.15, 0.2) is 132 Å². The van der Waals surface area contributed by atoms with E-state index in [1.54, 1.807) is 6.26 Å². The average molecular weight is 517 g/mol. The van der Waals surface area contributed by atoms with Crippen LogP contribution < -0.4 is 0 Å². The first-order valence-electron chi connectivity index (χ1n) is 13.3. The molecule has 0 amide bonds. The van der Waals surface area contributed by atoms with Crippen molar-refractivity contribution in [2.24, 2.45) is 7.05 Å². The van der Waals surface area contributed by atoms with Gasteiger partial charge in [0.1, 0.15) is 11.6 Å². The van der Waals surface area contributed by atoms with Gasteiger partial charge in [0.25, 0.3) is 0 Å². The summed E-state index contributed by atoms with van der Waals surface area (Å²) in [7, 11) is 2.08. The predicted octanol–water partition coefficient (Wildman–Crippen LogP) is 8.66. The molecule has 5 nitrogen and oxygen atoms in total. The van der Waals surface area contributed by atoms with Gasteiger partial charge in [-0.2, -0.15) is 0 Å². The van der Waals surface area contributed by atoms with Crippen LogP contribution in [0.2, 0.25) is 0 Å². The summed E-state index contributed by atoms with van der Waals surface area (Å²) in [5.74, 6) is 1.78. The number of aromatic nitrogens is 4. The first-order chi connectivity index (χ1) is 19.7. The van der Waals surface area contributed by atoms with Crippen LogP contribution in [0.5, 0.6) is 0 Å². The van der Waals surface area contributed by atoms with Crippen molar-refractivity contribution in [3.8, 4) is 39.7 Å². The summed E-state index contributed by atoms with van der Waals surface area (Å²) >= 11 is 0. The Morgan fingerprint density at radius 2 is 1.48 bits per heavy atom. The lowest BCUT2D eigenvalue weighted by Crippen LogP contribution is -1.96. The van der Waals surface area contributed by atoms with Gasteiger partial charge >= 0.3 is 0 Å². The average Bonchev–Trinajstić information content (AvgIpc) is 3.74. The van der Waals surface area contributed by atoms with E-state index in [0.717, 1.165) is 61.7 Å². The number of imidazole rings is 1. The molecule has 190 valence electrons. The second-order valence-corrected chi connectivity index (χ2v) is 10.0. The largest absolute Gasteiger partial charge is 0.464 e. The maximum absolute atomic E-state index is 5.63. The zero-order valence-electron chi connectivity index (χ0n) is 21.8. The van der Waals surface area contributed by atoms with Crippen molar-refractivity contribution in [2.45, 2.75) is 0 Å². The summed E-state index contributed by atoms with van der Waals surface area (Å²) < 4.78 is 10.1. The number of fused-ring (bicyclic) bond motifs is 4. The van der Waals surface area contributed by atoms with Crippen LogP contribution in [0.4, 0.5) is 0 Å². The van der Waals surface area contributed by atoms with E-state index in [9.17, 15) is 0 Å². The normalized spacial score (nSPS) is 11.6. The zero-order valence-corrected chi connectivity index (χ0v) is 21.8. The first-order valence-corrected chi connectivity index (χ1v) is 13.3. The Labute approximate surface area is 230 Å². The highest BCUT2D eigenvalue weighted by Gasteiger charge is 2.16. The Balaban J connectivity index is 1.32. The lowest BCUT2D eigenvalue weighted by molar-refractivity contribution is 0.582. The number of para-hydroxylation sites is 3. The van der Waals surface area contributed by atoms with Crippen LogP contribution in [-0.4, -0.2) is 19.1 Å². The molecule has 40 heavy (non-hydrogen) atoms. The molecule has 0 aliphatic heterocycles. The van der Waals surface area contributed by atoms with Crippen LogP contribution in [0.25, 0.3) is 72.5 Å². The molecule has 0 bridgehead atoms. The van der Waals surface area contributed by atoms with Gasteiger partial charge in [0.2, 0.25) is 0 Å². The fraction of sp³-hybridized carbons (Fsp3) is 0.0286. The maximum Gasteiger partial charge on any atom is 0.140 e. The van der Waals surface area contributed by atoms with Crippen molar-refractivity contribution in [1.29, 1.82) is 0 Å². The fourth-order valence-electron chi connectivity index (χ4n) is 5.78. The smallest absolute Gasteiger partial charge is 0.140 e. The molecule has 0 fully saturated rings. The second-order valence-electron chi connectivity index (χ2n) is 10.0. The molecule has 0 spiro atoms. The molecule has 5 heteroatoms. The number of pyridine rings is 1. The number of benzene rings is 4. The Morgan fingerprint density at radius 3 is 2.35 bits per heavy atom. The Morgan fingerprint density at radius 1 is 0.625 bits per heavy atom. The third-order valence-corrected chi connectivity index (χ3v) is 7.68. The van der Waals surface area contributed by atoms with Crippen molar-refractivity contribution in [1.82, 2.24) is 19.1 Å². The van der Waals surface area contributed by atoms with E-state index >= 15 is 0 Å². The van der Waals surface area contributed by atoms with E-state index in [1.807, 2.05) is 30.5 Å². The van der Waals surface area contributed by atoms with Gasteiger partial charge in [0.05, 0.1) is 34.0 Å². The van der Waals surface area contributed by atoms with E-state index in [0.29, 0.717) is 0 Å². The highest BCUT2D eigenvalue weighted by atomic mass is 16.3. The van der Waals surface area contributed by atoms with Gasteiger partial charge in [0.15, 0.2) is 0 Å². The maximum atomic E-state index is 5.63. The van der Waals surface area contributed by atoms with Crippen LogP contribution in [-0.2, 0) is 7.05 Å². The van der Waals surface area contributed by atoms with E-state index in [2.05, 4.69) is 112 Å². The molecule has 0 aliphatic carbocycles.